The topological polar surface area (TPSA) is 107 Å². The number of carbonyl (C=O) groups excluding carboxylic acids is 1. The highest BCUT2D eigenvalue weighted by atomic mass is 32.2. The van der Waals surface area contributed by atoms with Crippen LogP contribution in [0.25, 0.3) is 0 Å². The molecule has 1 aromatic heterocycles. The first kappa shape index (κ1) is 21.3. The fourth-order valence-corrected chi connectivity index (χ4v) is 3.76. The van der Waals surface area contributed by atoms with E-state index in [-0.39, 0.29) is 24.0 Å². The highest BCUT2D eigenvalue weighted by Gasteiger charge is 2.16. The molecule has 0 saturated heterocycles. The fraction of sp³-hybridized carbons (Fsp3) is 0.190. The summed E-state index contributed by atoms with van der Waals surface area (Å²) < 4.78 is 43.5. The zero-order valence-electron chi connectivity index (χ0n) is 16.5. The molecule has 0 aliphatic rings. The van der Waals surface area contributed by atoms with Crippen LogP contribution >= 0.6 is 0 Å². The van der Waals surface area contributed by atoms with Crippen molar-refractivity contribution in [3.05, 3.63) is 72.2 Å². The molecule has 0 fully saturated rings. The lowest BCUT2D eigenvalue weighted by atomic mass is 10.2. The van der Waals surface area contributed by atoms with Crippen molar-refractivity contribution in [3.63, 3.8) is 0 Å². The van der Waals surface area contributed by atoms with Crippen LogP contribution in [0.4, 0.5) is 5.69 Å². The van der Waals surface area contributed by atoms with E-state index in [4.69, 9.17) is 13.9 Å². The Morgan fingerprint density at radius 2 is 1.87 bits per heavy atom. The molecule has 0 radical (unpaired) electrons. The molecule has 0 atom stereocenters. The summed E-state index contributed by atoms with van der Waals surface area (Å²) in [5.41, 5.74) is 1.01. The first-order valence-corrected chi connectivity index (χ1v) is 10.5. The molecule has 0 spiro atoms. The number of furan rings is 1. The van der Waals surface area contributed by atoms with Crippen LogP contribution in [0.2, 0.25) is 0 Å². The van der Waals surface area contributed by atoms with Crippen molar-refractivity contribution in [2.45, 2.75) is 18.4 Å². The maximum atomic E-state index is 12.6. The van der Waals surface area contributed by atoms with Crippen LogP contribution < -0.4 is 19.5 Å². The highest BCUT2D eigenvalue weighted by molar-refractivity contribution is 7.92. The molecule has 2 N–H and O–H groups in total. The summed E-state index contributed by atoms with van der Waals surface area (Å²) >= 11 is 0. The van der Waals surface area contributed by atoms with Crippen molar-refractivity contribution >= 4 is 21.6 Å². The maximum Gasteiger partial charge on any atom is 0.261 e. The van der Waals surface area contributed by atoms with Gasteiger partial charge in [0, 0.05) is 5.69 Å². The summed E-state index contributed by atoms with van der Waals surface area (Å²) in [5.74, 6) is 1.37. The number of amides is 1. The Bertz CT molecular complexity index is 1090. The number of ether oxygens (including phenoxy) is 2. The van der Waals surface area contributed by atoms with Gasteiger partial charge in [-0.2, -0.15) is 0 Å². The first-order valence-electron chi connectivity index (χ1n) is 9.07. The molecule has 0 aliphatic heterocycles. The minimum atomic E-state index is -3.77. The van der Waals surface area contributed by atoms with Gasteiger partial charge in [0.15, 0.2) is 6.61 Å². The molecule has 2 aromatic carbocycles. The van der Waals surface area contributed by atoms with Crippen molar-refractivity contribution in [3.8, 4) is 11.5 Å². The quantitative estimate of drug-likeness (QED) is 0.540. The fourth-order valence-electron chi connectivity index (χ4n) is 2.62. The zero-order chi connectivity index (χ0) is 21.6. The van der Waals surface area contributed by atoms with E-state index in [1.807, 2.05) is 0 Å². The third-order valence-electron chi connectivity index (χ3n) is 4.20. The van der Waals surface area contributed by atoms with Crippen LogP contribution in [0.1, 0.15) is 11.3 Å². The minimum absolute atomic E-state index is 0.0884. The van der Waals surface area contributed by atoms with Gasteiger partial charge in [0.25, 0.3) is 15.9 Å². The molecule has 1 heterocycles. The maximum absolute atomic E-state index is 12.6. The van der Waals surface area contributed by atoms with Crippen LogP contribution in [0.15, 0.2) is 70.2 Å². The van der Waals surface area contributed by atoms with Gasteiger partial charge in [0.05, 0.1) is 24.8 Å². The average molecular weight is 430 g/mol. The second-order valence-electron chi connectivity index (χ2n) is 6.41. The van der Waals surface area contributed by atoms with Gasteiger partial charge in [-0.25, -0.2) is 8.42 Å². The van der Waals surface area contributed by atoms with Gasteiger partial charge in [-0.15, -0.1) is 0 Å². The molecule has 9 heteroatoms. The number of nitrogens with one attached hydrogen (secondary N) is 2. The third kappa shape index (κ3) is 5.54. The smallest absolute Gasteiger partial charge is 0.261 e. The Labute approximate surface area is 174 Å². The van der Waals surface area contributed by atoms with Crippen LogP contribution in [0.5, 0.6) is 11.5 Å². The van der Waals surface area contributed by atoms with Gasteiger partial charge in [0.2, 0.25) is 0 Å². The number of benzene rings is 2. The van der Waals surface area contributed by atoms with E-state index in [1.165, 1.54) is 31.6 Å². The van der Waals surface area contributed by atoms with Gasteiger partial charge < -0.3 is 19.2 Å². The van der Waals surface area contributed by atoms with Crippen LogP contribution in [-0.2, 0) is 21.4 Å². The van der Waals surface area contributed by atoms with E-state index >= 15 is 0 Å². The lowest BCUT2D eigenvalue weighted by Gasteiger charge is -2.12. The molecule has 0 unspecified atom stereocenters. The van der Waals surface area contributed by atoms with E-state index < -0.39 is 10.0 Å². The molecule has 158 valence electrons. The molecular weight excluding hydrogens is 408 g/mol. The molecule has 0 aliphatic carbocycles. The number of aryl methyl sites for hydroxylation is 1. The van der Waals surface area contributed by atoms with E-state index in [2.05, 4.69) is 10.0 Å². The monoisotopic (exact) mass is 430 g/mol. The lowest BCUT2D eigenvalue weighted by Crippen LogP contribution is -2.28. The first-order chi connectivity index (χ1) is 14.4. The standard InChI is InChI=1S/C21H22N2O6S/c1-15-12-19(30(25,26)23-16-5-7-17(27-2)8-6-16)9-10-20(15)29-14-21(24)22-13-18-4-3-11-28-18/h3-12,23H,13-14H2,1-2H3,(H,22,24). The van der Waals surface area contributed by atoms with Crippen molar-refractivity contribution in [2.75, 3.05) is 18.4 Å². The van der Waals surface area contributed by atoms with Crippen LogP contribution in [-0.4, -0.2) is 28.0 Å². The van der Waals surface area contributed by atoms with Gasteiger partial charge in [-0.05, 0) is 67.1 Å². The van der Waals surface area contributed by atoms with E-state index in [9.17, 15) is 13.2 Å². The summed E-state index contributed by atoms with van der Waals surface area (Å²) in [6.45, 7) is 1.78. The number of rotatable bonds is 9. The van der Waals surface area contributed by atoms with Crippen LogP contribution in [0.3, 0.4) is 0 Å². The highest BCUT2D eigenvalue weighted by Crippen LogP contribution is 2.24. The molecule has 0 saturated carbocycles. The Morgan fingerprint density at radius 3 is 2.50 bits per heavy atom. The molecule has 0 bridgehead atoms. The number of sulfonamides is 1. The van der Waals surface area contributed by atoms with Crippen LogP contribution in [0, 0.1) is 6.92 Å². The van der Waals surface area contributed by atoms with Gasteiger partial charge in [0.1, 0.15) is 17.3 Å². The largest absolute Gasteiger partial charge is 0.497 e. The molecule has 1 amide bonds. The minimum Gasteiger partial charge on any atom is -0.497 e. The Hall–Kier alpha value is -3.46. The predicted octanol–water partition coefficient (Wildman–Crippen LogP) is 3.09. The van der Waals surface area contributed by atoms with E-state index in [0.29, 0.717) is 28.5 Å². The molecule has 30 heavy (non-hydrogen) atoms. The van der Waals surface area contributed by atoms with Gasteiger partial charge >= 0.3 is 0 Å². The summed E-state index contributed by atoms with van der Waals surface area (Å²) in [6, 6.07) is 14.5. The van der Waals surface area contributed by atoms with Crippen molar-refractivity contribution < 1.29 is 27.1 Å². The summed E-state index contributed by atoms with van der Waals surface area (Å²) in [4.78, 5) is 12.0. The average Bonchev–Trinajstić information content (AvgIpc) is 3.25. The number of methoxy groups -OCH3 is 1. The molecule has 8 nitrogen and oxygen atoms in total. The zero-order valence-corrected chi connectivity index (χ0v) is 17.4. The number of carbonyl (C=O) groups is 1. The van der Waals surface area contributed by atoms with Crippen molar-refractivity contribution in [1.29, 1.82) is 0 Å². The van der Waals surface area contributed by atoms with E-state index in [0.717, 1.165) is 0 Å². The SMILES string of the molecule is COc1ccc(NS(=O)(=O)c2ccc(OCC(=O)NCc3ccco3)c(C)c2)cc1. The van der Waals surface area contributed by atoms with E-state index in [1.54, 1.807) is 43.3 Å². The number of anilines is 1. The van der Waals surface area contributed by atoms with Crippen molar-refractivity contribution in [1.82, 2.24) is 5.32 Å². The summed E-state index contributed by atoms with van der Waals surface area (Å²) in [5, 5.41) is 2.67. The van der Waals surface area contributed by atoms with Gasteiger partial charge in [-0.1, -0.05) is 0 Å². The molecule has 3 rings (SSSR count). The predicted molar refractivity (Wildman–Crippen MR) is 111 cm³/mol. The molecular formula is C21H22N2O6S. The Kier molecular flexibility index (Phi) is 6.63. The summed E-state index contributed by atoms with van der Waals surface area (Å²) in [6.07, 6.45) is 1.53. The Morgan fingerprint density at radius 1 is 1.10 bits per heavy atom. The number of hydrogen-bond acceptors (Lipinski definition) is 6. The normalized spacial score (nSPS) is 11.0. The lowest BCUT2D eigenvalue weighted by molar-refractivity contribution is -0.123. The second kappa shape index (κ2) is 9.36. The third-order valence-corrected chi connectivity index (χ3v) is 5.58. The Balaban J connectivity index is 1.59. The second-order valence-corrected chi connectivity index (χ2v) is 8.09. The van der Waals surface area contributed by atoms with Gasteiger partial charge in [-0.3, -0.25) is 9.52 Å². The molecule has 3 aromatic rings. The number of hydrogen-bond donors (Lipinski definition) is 2. The van der Waals surface area contributed by atoms with Crippen molar-refractivity contribution in [2.24, 2.45) is 0 Å². The summed E-state index contributed by atoms with van der Waals surface area (Å²) in [7, 11) is -2.24.